The molecule has 2 aliphatic rings. The van der Waals surface area contributed by atoms with E-state index in [0.717, 1.165) is 61.0 Å². The Kier molecular flexibility index (Phi) is 6.95. The summed E-state index contributed by atoms with van der Waals surface area (Å²) >= 11 is 6.37. The van der Waals surface area contributed by atoms with E-state index in [9.17, 15) is 9.59 Å². The van der Waals surface area contributed by atoms with Gasteiger partial charge in [0.05, 0.1) is 22.5 Å². The minimum absolute atomic E-state index is 0.0626. The Hall–Kier alpha value is -3.45. The predicted molar refractivity (Wildman–Crippen MR) is 137 cm³/mol. The van der Waals surface area contributed by atoms with E-state index in [1.54, 1.807) is 12.1 Å². The van der Waals surface area contributed by atoms with Gasteiger partial charge in [-0.05, 0) is 49.2 Å². The lowest BCUT2D eigenvalue weighted by molar-refractivity contribution is 0.0747. The van der Waals surface area contributed by atoms with Gasteiger partial charge in [0, 0.05) is 51.0 Å². The van der Waals surface area contributed by atoms with Gasteiger partial charge < -0.3 is 24.4 Å². The molecule has 1 N–H and O–H groups in total. The number of carbonyl (C=O) groups excluding carboxylic acids is 2. The molecular weight excluding hydrogens is 464 g/mol. The second kappa shape index (κ2) is 10.4. The van der Waals surface area contributed by atoms with Gasteiger partial charge in [0.25, 0.3) is 11.8 Å². The predicted octanol–water partition coefficient (Wildman–Crippen LogP) is 4.29. The number of hydrogen-bond donors (Lipinski definition) is 1. The zero-order valence-electron chi connectivity index (χ0n) is 19.5. The number of nitrogens with one attached hydrogen (secondary N) is 1. The van der Waals surface area contributed by atoms with E-state index in [4.69, 9.17) is 16.0 Å². The number of rotatable bonds is 5. The van der Waals surface area contributed by atoms with Crippen molar-refractivity contribution in [3.8, 4) is 0 Å². The average Bonchev–Trinajstić information content (AvgIpc) is 3.45. The molecule has 2 aliphatic heterocycles. The zero-order chi connectivity index (χ0) is 24.2. The summed E-state index contributed by atoms with van der Waals surface area (Å²) in [5.41, 5.74) is 2.71. The lowest BCUT2D eigenvalue weighted by Gasteiger charge is -2.38. The molecule has 35 heavy (non-hydrogen) atoms. The van der Waals surface area contributed by atoms with E-state index in [1.807, 2.05) is 53.4 Å². The maximum atomic E-state index is 13.5. The fourth-order valence-electron chi connectivity index (χ4n) is 4.89. The van der Waals surface area contributed by atoms with Gasteiger partial charge in [0.2, 0.25) is 0 Å². The van der Waals surface area contributed by atoms with Crippen LogP contribution >= 0.6 is 11.6 Å². The number of nitrogens with zero attached hydrogens (tertiary/aromatic N) is 3. The third-order valence-corrected chi connectivity index (χ3v) is 7.13. The Morgan fingerprint density at radius 2 is 1.46 bits per heavy atom. The van der Waals surface area contributed by atoms with Crippen molar-refractivity contribution in [3.05, 3.63) is 83.3 Å². The number of benzene rings is 2. The molecule has 0 bridgehead atoms. The standard InChI is InChI=1S/C27H29ClN4O3/c28-22-7-2-4-9-24(22)31-15-17-32(18-16-31)27(34)21-6-1-3-8-23(21)30-13-11-20(12-14-30)29-26(33)25-10-5-19-35-25/h1-10,19-20H,11-18H2,(H,29,33). The van der Waals surface area contributed by atoms with Crippen molar-refractivity contribution in [2.45, 2.75) is 18.9 Å². The van der Waals surface area contributed by atoms with Gasteiger partial charge in [0.1, 0.15) is 0 Å². The number of halogens is 1. The second-order valence-corrected chi connectivity index (χ2v) is 9.37. The Labute approximate surface area is 210 Å². The molecule has 0 saturated carbocycles. The van der Waals surface area contributed by atoms with Crippen LogP contribution in [0.1, 0.15) is 33.8 Å². The number of carbonyl (C=O) groups is 2. The summed E-state index contributed by atoms with van der Waals surface area (Å²) in [5, 5.41) is 3.79. The third-order valence-electron chi connectivity index (χ3n) is 6.81. The Balaban J connectivity index is 1.20. The van der Waals surface area contributed by atoms with Crippen LogP contribution in [0.3, 0.4) is 0 Å². The highest BCUT2D eigenvalue weighted by molar-refractivity contribution is 6.33. The second-order valence-electron chi connectivity index (χ2n) is 8.96. The van der Waals surface area contributed by atoms with Crippen molar-refractivity contribution in [1.82, 2.24) is 10.2 Å². The molecule has 5 rings (SSSR count). The molecule has 182 valence electrons. The molecule has 0 spiro atoms. The number of piperazine rings is 1. The van der Waals surface area contributed by atoms with Gasteiger partial charge in [-0.2, -0.15) is 0 Å². The number of piperidine rings is 1. The smallest absolute Gasteiger partial charge is 0.287 e. The first-order valence-electron chi connectivity index (χ1n) is 12.1. The fraction of sp³-hybridized carbons (Fsp3) is 0.333. The molecule has 2 fully saturated rings. The quantitative estimate of drug-likeness (QED) is 0.575. The van der Waals surface area contributed by atoms with Crippen LogP contribution in [0, 0.1) is 0 Å². The maximum absolute atomic E-state index is 13.5. The van der Waals surface area contributed by atoms with Crippen LogP contribution in [0.15, 0.2) is 71.3 Å². The third kappa shape index (κ3) is 5.15. The topological polar surface area (TPSA) is 69.0 Å². The summed E-state index contributed by atoms with van der Waals surface area (Å²) in [6.45, 7) is 4.34. The Morgan fingerprint density at radius 3 is 2.14 bits per heavy atom. The number of anilines is 2. The lowest BCUT2D eigenvalue weighted by Crippen LogP contribution is -2.49. The molecule has 2 aromatic carbocycles. The van der Waals surface area contributed by atoms with E-state index in [-0.39, 0.29) is 17.9 Å². The van der Waals surface area contributed by atoms with Crippen molar-refractivity contribution in [3.63, 3.8) is 0 Å². The molecule has 8 heteroatoms. The number of amides is 2. The minimum atomic E-state index is -0.181. The molecule has 2 saturated heterocycles. The highest BCUT2D eigenvalue weighted by Crippen LogP contribution is 2.28. The monoisotopic (exact) mass is 492 g/mol. The van der Waals surface area contributed by atoms with E-state index in [2.05, 4.69) is 15.1 Å². The fourth-order valence-corrected chi connectivity index (χ4v) is 5.14. The average molecular weight is 493 g/mol. The summed E-state index contributed by atoms with van der Waals surface area (Å²) in [6, 6.07) is 19.1. The van der Waals surface area contributed by atoms with Crippen molar-refractivity contribution in [2.24, 2.45) is 0 Å². The van der Waals surface area contributed by atoms with Crippen molar-refractivity contribution >= 4 is 34.8 Å². The molecule has 0 atom stereocenters. The van der Waals surface area contributed by atoms with Gasteiger partial charge in [-0.15, -0.1) is 0 Å². The van der Waals surface area contributed by atoms with E-state index >= 15 is 0 Å². The van der Waals surface area contributed by atoms with E-state index in [0.29, 0.717) is 18.8 Å². The van der Waals surface area contributed by atoms with E-state index in [1.165, 1.54) is 6.26 Å². The van der Waals surface area contributed by atoms with Gasteiger partial charge in [-0.3, -0.25) is 9.59 Å². The highest BCUT2D eigenvalue weighted by atomic mass is 35.5. The van der Waals surface area contributed by atoms with Crippen molar-refractivity contribution < 1.29 is 14.0 Å². The first kappa shape index (κ1) is 23.3. The molecule has 0 radical (unpaired) electrons. The number of furan rings is 1. The molecular formula is C27H29ClN4O3. The molecule has 7 nitrogen and oxygen atoms in total. The molecule has 3 heterocycles. The lowest BCUT2D eigenvalue weighted by atomic mass is 10.0. The van der Waals surface area contributed by atoms with Crippen molar-refractivity contribution in [1.29, 1.82) is 0 Å². The molecule has 0 unspecified atom stereocenters. The summed E-state index contributed by atoms with van der Waals surface area (Å²) in [4.78, 5) is 32.2. The van der Waals surface area contributed by atoms with Gasteiger partial charge in [-0.1, -0.05) is 35.9 Å². The molecule has 2 amide bonds. The summed E-state index contributed by atoms with van der Waals surface area (Å²) in [6.07, 6.45) is 3.12. The van der Waals surface area contributed by atoms with Crippen LogP contribution in [0.25, 0.3) is 0 Å². The Bertz CT molecular complexity index is 1170. The van der Waals surface area contributed by atoms with Crippen LogP contribution < -0.4 is 15.1 Å². The van der Waals surface area contributed by atoms with Crippen LogP contribution in [0.5, 0.6) is 0 Å². The number of para-hydroxylation sites is 2. The van der Waals surface area contributed by atoms with Crippen LogP contribution in [-0.2, 0) is 0 Å². The molecule has 3 aromatic rings. The van der Waals surface area contributed by atoms with Gasteiger partial charge in [-0.25, -0.2) is 0 Å². The first-order chi connectivity index (χ1) is 17.1. The van der Waals surface area contributed by atoms with E-state index < -0.39 is 0 Å². The SMILES string of the molecule is O=C(NC1CCN(c2ccccc2C(=O)N2CCN(c3ccccc3Cl)CC2)CC1)c1ccco1. The summed E-state index contributed by atoms with van der Waals surface area (Å²) < 4.78 is 5.19. The minimum Gasteiger partial charge on any atom is -0.459 e. The number of hydrogen-bond acceptors (Lipinski definition) is 5. The first-order valence-corrected chi connectivity index (χ1v) is 12.4. The summed E-state index contributed by atoms with van der Waals surface area (Å²) in [7, 11) is 0. The van der Waals surface area contributed by atoms with Gasteiger partial charge >= 0.3 is 0 Å². The maximum Gasteiger partial charge on any atom is 0.287 e. The Morgan fingerprint density at radius 1 is 0.800 bits per heavy atom. The molecule has 0 aliphatic carbocycles. The van der Waals surface area contributed by atoms with Crippen molar-refractivity contribution in [2.75, 3.05) is 49.1 Å². The van der Waals surface area contributed by atoms with Crippen LogP contribution in [0.2, 0.25) is 5.02 Å². The zero-order valence-corrected chi connectivity index (χ0v) is 20.3. The van der Waals surface area contributed by atoms with Crippen LogP contribution in [0.4, 0.5) is 11.4 Å². The van der Waals surface area contributed by atoms with Gasteiger partial charge in [0.15, 0.2) is 5.76 Å². The normalized spacial score (nSPS) is 16.9. The molecule has 1 aromatic heterocycles. The summed E-state index contributed by atoms with van der Waals surface area (Å²) in [5.74, 6) is 0.214. The largest absolute Gasteiger partial charge is 0.459 e. The highest BCUT2D eigenvalue weighted by Gasteiger charge is 2.28. The van der Waals surface area contributed by atoms with Crippen LogP contribution in [-0.4, -0.2) is 62.0 Å².